The molecule has 0 fully saturated rings. The highest BCUT2D eigenvalue weighted by Gasteiger charge is 2.13. The van der Waals surface area contributed by atoms with E-state index in [1.54, 1.807) is 35.9 Å². The Kier molecular flexibility index (Phi) is 7.07. The Morgan fingerprint density at radius 2 is 1.93 bits per heavy atom. The van der Waals surface area contributed by atoms with Crippen LogP contribution >= 0.6 is 23.4 Å². The van der Waals surface area contributed by atoms with Gasteiger partial charge in [-0.2, -0.15) is 0 Å². The van der Waals surface area contributed by atoms with E-state index in [1.807, 2.05) is 0 Å². The highest BCUT2D eigenvalue weighted by molar-refractivity contribution is 7.99. The molecule has 1 heterocycles. The molecule has 2 aromatic carbocycles. The molecule has 1 N–H and O–H groups in total. The Morgan fingerprint density at radius 1 is 1.20 bits per heavy atom. The van der Waals surface area contributed by atoms with E-state index in [-0.39, 0.29) is 29.1 Å². The molecule has 0 radical (unpaired) electrons. The van der Waals surface area contributed by atoms with Crippen molar-refractivity contribution in [3.63, 3.8) is 0 Å². The van der Waals surface area contributed by atoms with Crippen LogP contribution in [0.4, 0.5) is 10.1 Å². The number of benzene rings is 2. The van der Waals surface area contributed by atoms with Crippen molar-refractivity contribution in [2.45, 2.75) is 18.7 Å². The van der Waals surface area contributed by atoms with Gasteiger partial charge in [-0.15, -0.1) is 10.2 Å². The number of ketones is 1. The molecule has 0 aliphatic carbocycles. The summed E-state index contributed by atoms with van der Waals surface area (Å²) in [5, 5.41) is 11.6. The van der Waals surface area contributed by atoms with Crippen molar-refractivity contribution >= 4 is 40.7 Å². The Balaban J connectivity index is 1.53. The van der Waals surface area contributed by atoms with Gasteiger partial charge in [0.15, 0.2) is 16.8 Å². The van der Waals surface area contributed by atoms with E-state index in [9.17, 15) is 14.0 Å². The van der Waals surface area contributed by atoms with E-state index in [1.165, 1.54) is 36.9 Å². The summed E-state index contributed by atoms with van der Waals surface area (Å²) in [6.45, 7) is 1.57. The van der Waals surface area contributed by atoms with Gasteiger partial charge in [0, 0.05) is 18.3 Å². The maximum atomic E-state index is 13.1. The Morgan fingerprint density at radius 3 is 2.60 bits per heavy atom. The van der Waals surface area contributed by atoms with Crippen molar-refractivity contribution in [3.05, 3.63) is 64.7 Å². The second-order valence-electron chi connectivity index (χ2n) is 6.29. The van der Waals surface area contributed by atoms with Crippen molar-refractivity contribution in [2.75, 3.05) is 11.1 Å². The third kappa shape index (κ3) is 5.58. The molecular formula is C20H18ClFN4O3S. The van der Waals surface area contributed by atoms with Gasteiger partial charge in [0.1, 0.15) is 18.2 Å². The largest absolute Gasteiger partial charge is 0.484 e. The molecule has 3 aromatic rings. The molecule has 0 aliphatic heterocycles. The number of thioether (sulfide) groups is 1. The summed E-state index contributed by atoms with van der Waals surface area (Å²) in [6.07, 6.45) is 0. The Hall–Kier alpha value is -2.91. The molecule has 30 heavy (non-hydrogen) atoms. The summed E-state index contributed by atoms with van der Waals surface area (Å²) in [4.78, 5) is 23.5. The molecule has 0 bridgehead atoms. The molecule has 0 saturated heterocycles. The van der Waals surface area contributed by atoms with Crippen molar-refractivity contribution < 1.29 is 18.7 Å². The normalized spacial score (nSPS) is 10.7. The summed E-state index contributed by atoms with van der Waals surface area (Å²) in [7, 11) is 1.76. The number of anilines is 1. The first-order valence-electron chi connectivity index (χ1n) is 8.83. The summed E-state index contributed by atoms with van der Waals surface area (Å²) in [5.41, 5.74) is 1.19. The van der Waals surface area contributed by atoms with Gasteiger partial charge in [-0.05, 0) is 49.4 Å². The third-order valence-corrected chi connectivity index (χ3v) is 5.40. The number of hydrogen-bond acceptors (Lipinski definition) is 6. The van der Waals surface area contributed by atoms with E-state index < -0.39 is 5.82 Å². The van der Waals surface area contributed by atoms with Crippen LogP contribution in [0.3, 0.4) is 0 Å². The van der Waals surface area contributed by atoms with Crippen LogP contribution in [0.1, 0.15) is 23.1 Å². The number of hydrogen-bond donors (Lipinski definition) is 1. The van der Waals surface area contributed by atoms with Gasteiger partial charge in [-0.1, -0.05) is 23.4 Å². The molecule has 1 aromatic heterocycles. The van der Waals surface area contributed by atoms with Gasteiger partial charge in [0.05, 0.1) is 10.8 Å². The molecular weight excluding hydrogens is 431 g/mol. The van der Waals surface area contributed by atoms with Crippen LogP contribution in [0.2, 0.25) is 5.02 Å². The average molecular weight is 449 g/mol. The topological polar surface area (TPSA) is 86.1 Å². The monoisotopic (exact) mass is 448 g/mol. The number of rotatable bonds is 8. The summed E-state index contributed by atoms with van der Waals surface area (Å²) in [5.74, 6) is 0.299. The number of Topliss-reactive ketones (excluding diaryl/α,β-unsaturated/α-hetero) is 1. The maximum absolute atomic E-state index is 13.1. The molecule has 156 valence electrons. The van der Waals surface area contributed by atoms with Crippen LogP contribution in [-0.2, 0) is 18.4 Å². The number of amides is 1. The first kappa shape index (κ1) is 21.8. The fraction of sp³-hybridized carbons (Fsp3) is 0.200. The molecule has 3 rings (SSSR count). The minimum absolute atomic E-state index is 0.0350. The zero-order chi connectivity index (χ0) is 21.7. The lowest BCUT2D eigenvalue weighted by Gasteiger charge is -2.08. The van der Waals surface area contributed by atoms with Gasteiger partial charge in [0.25, 0.3) is 0 Å². The number of halogens is 2. The lowest BCUT2D eigenvalue weighted by atomic mass is 10.1. The molecule has 7 nitrogen and oxygen atoms in total. The molecule has 0 spiro atoms. The second kappa shape index (κ2) is 9.73. The zero-order valence-corrected chi connectivity index (χ0v) is 17.8. The van der Waals surface area contributed by atoms with Gasteiger partial charge >= 0.3 is 0 Å². The van der Waals surface area contributed by atoms with Crippen molar-refractivity contribution in [1.82, 2.24) is 14.8 Å². The van der Waals surface area contributed by atoms with E-state index in [2.05, 4.69) is 15.5 Å². The van der Waals surface area contributed by atoms with Crippen LogP contribution in [0, 0.1) is 5.82 Å². The number of aromatic nitrogens is 3. The molecule has 0 aliphatic rings. The Bertz CT molecular complexity index is 1070. The molecule has 1 amide bonds. The minimum atomic E-state index is -0.447. The minimum Gasteiger partial charge on any atom is -0.484 e. The van der Waals surface area contributed by atoms with Crippen molar-refractivity contribution in [3.8, 4) is 5.75 Å². The molecule has 10 heteroatoms. The van der Waals surface area contributed by atoms with E-state index in [0.717, 1.165) is 0 Å². The first-order valence-corrected chi connectivity index (χ1v) is 10.2. The van der Waals surface area contributed by atoms with Gasteiger partial charge in [-0.25, -0.2) is 4.39 Å². The summed E-state index contributed by atoms with van der Waals surface area (Å²) in [6, 6.07) is 10.5. The predicted molar refractivity (Wildman–Crippen MR) is 113 cm³/mol. The van der Waals surface area contributed by atoms with E-state index in [0.29, 0.717) is 28.0 Å². The van der Waals surface area contributed by atoms with Gasteiger partial charge in [0.2, 0.25) is 5.91 Å². The molecule has 0 atom stereocenters. The fourth-order valence-corrected chi connectivity index (χ4v) is 3.40. The van der Waals surface area contributed by atoms with Crippen LogP contribution in [0.25, 0.3) is 0 Å². The lowest BCUT2D eigenvalue weighted by Crippen LogP contribution is -2.14. The van der Waals surface area contributed by atoms with Crippen molar-refractivity contribution in [1.29, 1.82) is 0 Å². The smallest absolute Gasteiger partial charge is 0.234 e. The van der Waals surface area contributed by atoms with E-state index in [4.69, 9.17) is 16.3 Å². The number of nitrogens with zero attached hydrogens (tertiary/aromatic N) is 3. The van der Waals surface area contributed by atoms with Crippen LogP contribution in [-0.4, -0.2) is 32.2 Å². The van der Waals surface area contributed by atoms with Crippen LogP contribution in [0.5, 0.6) is 5.75 Å². The average Bonchev–Trinajstić information content (AvgIpc) is 3.06. The summed E-state index contributed by atoms with van der Waals surface area (Å²) >= 11 is 7.16. The quantitative estimate of drug-likeness (QED) is 0.412. The lowest BCUT2D eigenvalue weighted by molar-refractivity contribution is -0.113. The molecule has 0 unspecified atom stereocenters. The second-order valence-corrected chi connectivity index (χ2v) is 7.64. The van der Waals surface area contributed by atoms with Gasteiger partial charge in [-0.3, -0.25) is 9.59 Å². The van der Waals surface area contributed by atoms with Crippen molar-refractivity contribution in [2.24, 2.45) is 7.05 Å². The predicted octanol–water partition coefficient (Wildman–Crippen LogP) is 4.12. The van der Waals surface area contributed by atoms with Crippen LogP contribution in [0.15, 0.2) is 47.6 Å². The standard InChI is InChI=1S/C20H18ClFN4O3S/c1-12(27)13-3-6-15(7-4-13)23-19(28)11-30-20-25-24-18(26(20)2)10-29-17-8-5-14(22)9-16(17)21/h3-9H,10-11H2,1-2H3,(H,23,28). The SMILES string of the molecule is CC(=O)c1ccc(NC(=O)CSc2nnc(COc3ccc(F)cc3Cl)n2C)cc1. The highest BCUT2D eigenvalue weighted by atomic mass is 35.5. The van der Waals surface area contributed by atoms with Crippen LogP contribution < -0.4 is 10.1 Å². The summed E-state index contributed by atoms with van der Waals surface area (Å²) < 4.78 is 20.4. The van der Waals surface area contributed by atoms with E-state index >= 15 is 0 Å². The Labute approximate surface area is 181 Å². The number of nitrogens with one attached hydrogen (secondary N) is 1. The first-order chi connectivity index (χ1) is 14.3. The van der Waals surface area contributed by atoms with Gasteiger partial charge < -0.3 is 14.6 Å². The maximum Gasteiger partial charge on any atom is 0.234 e. The number of ether oxygens (including phenoxy) is 1. The third-order valence-electron chi connectivity index (χ3n) is 4.08. The molecule has 0 saturated carbocycles. The number of carbonyl (C=O) groups excluding carboxylic acids is 2. The zero-order valence-electron chi connectivity index (χ0n) is 16.2. The number of carbonyl (C=O) groups is 2. The highest BCUT2D eigenvalue weighted by Crippen LogP contribution is 2.26. The fourth-order valence-electron chi connectivity index (χ4n) is 2.45.